The monoisotopic (exact) mass is 221 g/mol. The summed E-state index contributed by atoms with van der Waals surface area (Å²) in [6, 6.07) is 10.3. The van der Waals surface area contributed by atoms with Gasteiger partial charge in [-0.3, -0.25) is 4.90 Å². The van der Waals surface area contributed by atoms with E-state index in [2.05, 4.69) is 17.0 Å². The predicted molar refractivity (Wildman–Crippen MR) is 63.2 cm³/mol. The highest BCUT2D eigenvalue weighted by atomic mass is 16.5. The maximum atomic E-state index is 10.0. The Kier molecular flexibility index (Phi) is 3.59. The van der Waals surface area contributed by atoms with Crippen LogP contribution in [0.2, 0.25) is 0 Å². The highest BCUT2D eigenvalue weighted by Gasteiger charge is 2.27. The molecule has 1 heterocycles. The maximum Gasteiger partial charge on any atom is 0.0978 e. The lowest BCUT2D eigenvalue weighted by Crippen LogP contribution is -2.41. The molecule has 0 aromatic heterocycles. The molecular formula is C13H19NO2. The summed E-state index contributed by atoms with van der Waals surface area (Å²) in [6.07, 6.45) is 0. The van der Waals surface area contributed by atoms with Gasteiger partial charge in [-0.2, -0.15) is 0 Å². The topological polar surface area (TPSA) is 32.7 Å². The molecule has 1 aliphatic heterocycles. The molecule has 0 radical (unpaired) electrons. The van der Waals surface area contributed by atoms with Crippen molar-refractivity contribution < 1.29 is 9.84 Å². The van der Waals surface area contributed by atoms with Gasteiger partial charge in [0.1, 0.15) is 0 Å². The van der Waals surface area contributed by atoms with Gasteiger partial charge in [0.2, 0.25) is 0 Å². The Morgan fingerprint density at radius 1 is 1.38 bits per heavy atom. The van der Waals surface area contributed by atoms with Crippen LogP contribution in [0.4, 0.5) is 0 Å². The van der Waals surface area contributed by atoms with Gasteiger partial charge in [-0.15, -0.1) is 0 Å². The van der Waals surface area contributed by atoms with Crippen LogP contribution < -0.4 is 0 Å². The molecule has 0 amide bonds. The van der Waals surface area contributed by atoms with Crippen LogP contribution in [0.25, 0.3) is 0 Å². The minimum Gasteiger partial charge on any atom is -0.386 e. The van der Waals surface area contributed by atoms with Gasteiger partial charge in [0, 0.05) is 19.6 Å². The van der Waals surface area contributed by atoms with Crippen LogP contribution in [0, 0.1) is 0 Å². The summed E-state index contributed by atoms with van der Waals surface area (Å²) in [5, 5.41) is 10.0. The van der Waals surface area contributed by atoms with Crippen molar-refractivity contribution in [1.82, 2.24) is 4.90 Å². The van der Waals surface area contributed by atoms with E-state index in [9.17, 15) is 5.11 Å². The van der Waals surface area contributed by atoms with Crippen molar-refractivity contribution in [3.05, 3.63) is 35.9 Å². The first kappa shape index (κ1) is 11.6. The lowest BCUT2D eigenvalue weighted by atomic mass is 10.1. The van der Waals surface area contributed by atoms with Gasteiger partial charge < -0.3 is 9.84 Å². The van der Waals surface area contributed by atoms with Crippen molar-refractivity contribution in [2.75, 3.05) is 26.3 Å². The minimum absolute atomic E-state index is 0.429. The maximum absolute atomic E-state index is 10.0. The molecule has 1 saturated heterocycles. The number of hydrogen-bond donors (Lipinski definition) is 1. The van der Waals surface area contributed by atoms with E-state index in [0.29, 0.717) is 19.8 Å². The van der Waals surface area contributed by atoms with Gasteiger partial charge in [-0.05, 0) is 12.5 Å². The predicted octanol–water partition coefficient (Wildman–Crippen LogP) is 1.27. The summed E-state index contributed by atoms with van der Waals surface area (Å²) < 4.78 is 5.39. The molecule has 1 N–H and O–H groups in total. The molecule has 1 atom stereocenters. The summed E-state index contributed by atoms with van der Waals surface area (Å²) in [5.74, 6) is 0. The van der Waals surface area contributed by atoms with Crippen LogP contribution >= 0.6 is 0 Å². The van der Waals surface area contributed by atoms with Gasteiger partial charge in [-0.1, -0.05) is 30.3 Å². The van der Waals surface area contributed by atoms with Crippen molar-refractivity contribution in [2.24, 2.45) is 0 Å². The summed E-state index contributed by atoms with van der Waals surface area (Å²) in [4.78, 5) is 2.24. The first-order valence-electron chi connectivity index (χ1n) is 5.72. The van der Waals surface area contributed by atoms with E-state index in [1.165, 1.54) is 5.56 Å². The van der Waals surface area contributed by atoms with E-state index in [1.54, 1.807) is 0 Å². The van der Waals surface area contributed by atoms with Gasteiger partial charge in [-0.25, -0.2) is 0 Å². The normalized spacial score (nSPS) is 27.6. The van der Waals surface area contributed by atoms with E-state index in [4.69, 9.17) is 4.74 Å². The Balaban J connectivity index is 1.98. The number of nitrogens with zero attached hydrogens (tertiary/aromatic N) is 1. The zero-order chi connectivity index (χ0) is 11.4. The van der Waals surface area contributed by atoms with Crippen LogP contribution in [-0.4, -0.2) is 41.9 Å². The standard InChI is InChI=1S/C13H19NO2/c1-13(15)10-14(7-8-16-11-13)9-12-5-3-2-4-6-12/h2-6,15H,7-11H2,1H3. The number of aliphatic hydroxyl groups is 1. The van der Waals surface area contributed by atoms with Crippen molar-refractivity contribution in [2.45, 2.75) is 19.1 Å². The molecule has 16 heavy (non-hydrogen) atoms. The van der Waals surface area contributed by atoms with Gasteiger partial charge in [0.25, 0.3) is 0 Å². The first-order valence-corrected chi connectivity index (χ1v) is 5.72. The zero-order valence-corrected chi connectivity index (χ0v) is 9.72. The van der Waals surface area contributed by atoms with Crippen molar-refractivity contribution in [3.8, 4) is 0 Å². The van der Waals surface area contributed by atoms with Crippen molar-refractivity contribution >= 4 is 0 Å². The fourth-order valence-corrected chi connectivity index (χ4v) is 2.07. The molecule has 1 unspecified atom stereocenters. The quantitative estimate of drug-likeness (QED) is 0.816. The summed E-state index contributed by atoms with van der Waals surface area (Å²) >= 11 is 0. The van der Waals surface area contributed by atoms with Gasteiger partial charge in [0.15, 0.2) is 0 Å². The molecule has 1 fully saturated rings. The third-order valence-electron chi connectivity index (χ3n) is 2.78. The van der Waals surface area contributed by atoms with E-state index in [0.717, 1.165) is 13.1 Å². The Labute approximate surface area is 96.6 Å². The molecule has 1 aromatic rings. The second kappa shape index (κ2) is 4.95. The fraction of sp³-hybridized carbons (Fsp3) is 0.538. The number of ether oxygens (including phenoxy) is 1. The van der Waals surface area contributed by atoms with E-state index in [-0.39, 0.29) is 0 Å². The molecule has 88 valence electrons. The van der Waals surface area contributed by atoms with Gasteiger partial charge in [0.05, 0.1) is 18.8 Å². The average Bonchev–Trinajstić information content (AvgIpc) is 2.40. The second-order valence-electron chi connectivity index (χ2n) is 4.75. The van der Waals surface area contributed by atoms with Crippen LogP contribution in [0.5, 0.6) is 0 Å². The number of β-amino-alcohol motifs (C(OH)–C–C–N with tert-alkyl or cyclic N) is 1. The van der Waals surface area contributed by atoms with E-state index < -0.39 is 5.60 Å². The van der Waals surface area contributed by atoms with Crippen LogP contribution in [0.15, 0.2) is 30.3 Å². The molecule has 1 aromatic carbocycles. The zero-order valence-electron chi connectivity index (χ0n) is 9.72. The average molecular weight is 221 g/mol. The molecule has 0 aliphatic carbocycles. The highest BCUT2D eigenvalue weighted by molar-refractivity contribution is 5.14. The Morgan fingerprint density at radius 2 is 2.12 bits per heavy atom. The Bertz CT molecular complexity index is 324. The van der Waals surface area contributed by atoms with Crippen LogP contribution in [0.3, 0.4) is 0 Å². The number of benzene rings is 1. The fourth-order valence-electron chi connectivity index (χ4n) is 2.07. The first-order chi connectivity index (χ1) is 7.66. The molecule has 0 bridgehead atoms. The number of rotatable bonds is 2. The summed E-state index contributed by atoms with van der Waals surface area (Å²) in [5.41, 5.74) is 0.547. The summed E-state index contributed by atoms with van der Waals surface area (Å²) in [6.45, 7) is 5.38. The van der Waals surface area contributed by atoms with Crippen molar-refractivity contribution in [3.63, 3.8) is 0 Å². The largest absolute Gasteiger partial charge is 0.386 e. The lowest BCUT2D eigenvalue weighted by Gasteiger charge is -2.27. The van der Waals surface area contributed by atoms with Gasteiger partial charge >= 0.3 is 0 Å². The molecule has 3 nitrogen and oxygen atoms in total. The SMILES string of the molecule is CC1(O)COCCN(Cc2ccccc2)C1. The summed E-state index contributed by atoms with van der Waals surface area (Å²) in [7, 11) is 0. The molecule has 3 heteroatoms. The molecule has 1 aliphatic rings. The Hall–Kier alpha value is -0.900. The van der Waals surface area contributed by atoms with E-state index in [1.807, 2.05) is 25.1 Å². The molecule has 0 saturated carbocycles. The van der Waals surface area contributed by atoms with E-state index >= 15 is 0 Å². The third kappa shape index (κ3) is 3.30. The smallest absolute Gasteiger partial charge is 0.0978 e. The molecular weight excluding hydrogens is 202 g/mol. The highest BCUT2D eigenvalue weighted by Crippen LogP contribution is 2.14. The third-order valence-corrected chi connectivity index (χ3v) is 2.78. The van der Waals surface area contributed by atoms with Crippen LogP contribution in [-0.2, 0) is 11.3 Å². The second-order valence-corrected chi connectivity index (χ2v) is 4.75. The Morgan fingerprint density at radius 3 is 2.88 bits per heavy atom. The molecule has 2 rings (SSSR count). The lowest BCUT2D eigenvalue weighted by molar-refractivity contribution is -0.0225. The van der Waals surface area contributed by atoms with Crippen molar-refractivity contribution in [1.29, 1.82) is 0 Å². The number of hydrogen-bond acceptors (Lipinski definition) is 3. The minimum atomic E-state index is -0.731. The van der Waals surface area contributed by atoms with Crippen LogP contribution in [0.1, 0.15) is 12.5 Å². The molecule has 0 spiro atoms.